The van der Waals surface area contributed by atoms with Gasteiger partial charge in [-0.3, -0.25) is 0 Å². The van der Waals surface area contributed by atoms with Crippen molar-refractivity contribution in [1.29, 1.82) is 0 Å². The summed E-state index contributed by atoms with van der Waals surface area (Å²) in [6.45, 7) is 1.97. The van der Waals surface area contributed by atoms with Crippen molar-refractivity contribution >= 4 is 0 Å². The molecule has 1 aromatic carbocycles. The van der Waals surface area contributed by atoms with Crippen LogP contribution in [0.2, 0.25) is 0 Å². The summed E-state index contributed by atoms with van der Waals surface area (Å²) in [5.74, 6) is 0.792. The summed E-state index contributed by atoms with van der Waals surface area (Å²) in [5, 5.41) is 0. The first kappa shape index (κ1) is 7.92. The van der Waals surface area contributed by atoms with Crippen LogP contribution >= 0.6 is 0 Å². The molecule has 0 spiro atoms. The van der Waals surface area contributed by atoms with Crippen LogP contribution in [0.1, 0.15) is 5.69 Å². The van der Waals surface area contributed by atoms with Crippen LogP contribution in [0.4, 0.5) is 0 Å². The predicted molar refractivity (Wildman–Crippen MR) is 52.2 cm³/mol. The number of aromatic nitrogens is 2. The molecule has 2 nitrogen and oxygen atoms in total. The molecule has 0 aliphatic rings. The summed E-state index contributed by atoms with van der Waals surface area (Å²) in [6, 6.07) is 11.9. The maximum atomic E-state index is 4.33. The summed E-state index contributed by atoms with van der Waals surface area (Å²) in [4.78, 5) is 8.53. The fourth-order valence-corrected chi connectivity index (χ4v) is 1.18. The van der Waals surface area contributed by atoms with E-state index in [1.54, 1.807) is 6.20 Å². The van der Waals surface area contributed by atoms with Crippen LogP contribution in [0, 0.1) is 6.92 Å². The van der Waals surface area contributed by atoms with Crippen molar-refractivity contribution in [3.8, 4) is 11.4 Å². The zero-order valence-electron chi connectivity index (χ0n) is 7.44. The molecular weight excluding hydrogens is 160 g/mol. The second-order valence-electron chi connectivity index (χ2n) is 2.89. The molecule has 0 unspecified atom stereocenters. The predicted octanol–water partition coefficient (Wildman–Crippen LogP) is 2.45. The molecule has 0 aliphatic carbocycles. The highest BCUT2D eigenvalue weighted by atomic mass is 14.9. The van der Waals surface area contributed by atoms with Gasteiger partial charge in [-0.2, -0.15) is 0 Å². The molecule has 1 heterocycles. The Morgan fingerprint density at radius 2 is 1.77 bits per heavy atom. The maximum Gasteiger partial charge on any atom is 0.159 e. The minimum absolute atomic E-state index is 0.792. The van der Waals surface area contributed by atoms with Gasteiger partial charge in [0, 0.05) is 17.5 Å². The van der Waals surface area contributed by atoms with Crippen LogP contribution in [-0.2, 0) is 0 Å². The Hall–Kier alpha value is -1.70. The fraction of sp³-hybridized carbons (Fsp3) is 0.0909. The molecule has 64 valence electrons. The Labute approximate surface area is 77.3 Å². The fourth-order valence-electron chi connectivity index (χ4n) is 1.18. The minimum atomic E-state index is 0.792. The molecule has 2 heteroatoms. The highest BCUT2D eigenvalue weighted by molar-refractivity contribution is 5.54. The van der Waals surface area contributed by atoms with E-state index in [0.717, 1.165) is 17.1 Å². The molecular formula is C11H10N2. The molecule has 1 aromatic heterocycles. The van der Waals surface area contributed by atoms with E-state index in [1.165, 1.54) is 0 Å². The Bertz CT molecular complexity index is 396. The van der Waals surface area contributed by atoms with E-state index >= 15 is 0 Å². The van der Waals surface area contributed by atoms with Crippen LogP contribution in [0.15, 0.2) is 42.6 Å². The first-order valence-electron chi connectivity index (χ1n) is 4.21. The second kappa shape index (κ2) is 3.35. The molecule has 0 amide bonds. The lowest BCUT2D eigenvalue weighted by atomic mass is 10.2. The quantitative estimate of drug-likeness (QED) is 0.657. The van der Waals surface area contributed by atoms with Crippen molar-refractivity contribution < 1.29 is 0 Å². The van der Waals surface area contributed by atoms with Crippen molar-refractivity contribution in [3.63, 3.8) is 0 Å². The van der Waals surface area contributed by atoms with E-state index < -0.39 is 0 Å². The van der Waals surface area contributed by atoms with Gasteiger partial charge in [-0.25, -0.2) is 9.97 Å². The van der Waals surface area contributed by atoms with E-state index in [-0.39, 0.29) is 0 Å². The summed E-state index contributed by atoms with van der Waals surface area (Å²) >= 11 is 0. The summed E-state index contributed by atoms with van der Waals surface area (Å²) in [7, 11) is 0. The van der Waals surface area contributed by atoms with E-state index in [0.29, 0.717) is 0 Å². The number of rotatable bonds is 1. The molecule has 0 bridgehead atoms. The second-order valence-corrected chi connectivity index (χ2v) is 2.89. The molecule has 0 fully saturated rings. The molecule has 0 N–H and O–H groups in total. The number of nitrogens with zero attached hydrogens (tertiary/aromatic N) is 2. The van der Waals surface area contributed by atoms with Gasteiger partial charge in [0.25, 0.3) is 0 Å². The normalized spacial score (nSPS) is 9.92. The van der Waals surface area contributed by atoms with Crippen LogP contribution in [-0.4, -0.2) is 9.97 Å². The van der Waals surface area contributed by atoms with E-state index in [9.17, 15) is 0 Å². The Morgan fingerprint density at radius 1 is 1.00 bits per heavy atom. The zero-order valence-corrected chi connectivity index (χ0v) is 7.44. The van der Waals surface area contributed by atoms with Crippen molar-refractivity contribution in [2.75, 3.05) is 0 Å². The van der Waals surface area contributed by atoms with Gasteiger partial charge in [0.2, 0.25) is 0 Å². The molecule has 2 aromatic rings. The Morgan fingerprint density at radius 3 is 2.46 bits per heavy atom. The van der Waals surface area contributed by atoms with Gasteiger partial charge < -0.3 is 0 Å². The van der Waals surface area contributed by atoms with Crippen LogP contribution in [0.3, 0.4) is 0 Å². The highest BCUT2D eigenvalue weighted by Crippen LogP contribution is 2.12. The summed E-state index contributed by atoms with van der Waals surface area (Å²) in [6.07, 6.45) is 1.78. The SMILES string of the molecule is Cc1ccnc(-c2ccccc2)n1. The lowest BCUT2D eigenvalue weighted by Crippen LogP contribution is -1.89. The molecule has 13 heavy (non-hydrogen) atoms. The van der Waals surface area contributed by atoms with Gasteiger partial charge in [0.1, 0.15) is 0 Å². The molecule has 0 atom stereocenters. The number of benzene rings is 1. The third-order valence-corrected chi connectivity index (χ3v) is 1.83. The Kier molecular flexibility index (Phi) is 2.04. The van der Waals surface area contributed by atoms with E-state index in [1.807, 2.05) is 43.3 Å². The standard InChI is InChI=1S/C11H10N2/c1-9-7-8-12-11(13-9)10-5-3-2-4-6-10/h2-8H,1H3. The maximum absolute atomic E-state index is 4.33. The van der Waals surface area contributed by atoms with Crippen LogP contribution < -0.4 is 0 Å². The van der Waals surface area contributed by atoms with E-state index in [2.05, 4.69) is 9.97 Å². The van der Waals surface area contributed by atoms with E-state index in [4.69, 9.17) is 0 Å². The lowest BCUT2D eigenvalue weighted by molar-refractivity contribution is 1.11. The smallest absolute Gasteiger partial charge is 0.159 e. The number of aryl methyl sites for hydroxylation is 1. The van der Waals surface area contributed by atoms with Crippen molar-refractivity contribution in [2.24, 2.45) is 0 Å². The van der Waals surface area contributed by atoms with Crippen LogP contribution in [0.25, 0.3) is 11.4 Å². The molecule has 0 aliphatic heterocycles. The molecule has 2 rings (SSSR count). The summed E-state index contributed by atoms with van der Waals surface area (Å²) < 4.78 is 0. The molecule has 0 radical (unpaired) electrons. The van der Waals surface area contributed by atoms with Gasteiger partial charge in [0.05, 0.1) is 0 Å². The van der Waals surface area contributed by atoms with Gasteiger partial charge >= 0.3 is 0 Å². The zero-order chi connectivity index (χ0) is 9.10. The van der Waals surface area contributed by atoms with Crippen LogP contribution in [0.5, 0.6) is 0 Å². The van der Waals surface area contributed by atoms with Crippen molar-refractivity contribution in [1.82, 2.24) is 9.97 Å². The monoisotopic (exact) mass is 170 g/mol. The third-order valence-electron chi connectivity index (χ3n) is 1.83. The molecule has 0 saturated carbocycles. The first-order valence-corrected chi connectivity index (χ1v) is 4.21. The molecule has 0 saturated heterocycles. The first-order chi connectivity index (χ1) is 6.36. The highest BCUT2D eigenvalue weighted by Gasteiger charge is 1.98. The number of hydrogen-bond donors (Lipinski definition) is 0. The largest absolute Gasteiger partial charge is 0.237 e. The topological polar surface area (TPSA) is 25.8 Å². The van der Waals surface area contributed by atoms with Crippen molar-refractivity contribution in [2.45, 2.75) is 6.92 Å². The van der Waals surface area contributed by atoms with Gasteiger partial charge in [0.15, 0.2) is 5.82 Å². The minimum Gasteiger partial charge on any atom is -0.237 e. The van der Waals surface area contributed by atoms with Gasteiger partial charge in [-0.1, -0.05) is 30.3 Å². The summed E-state index contributed by atoms with van der Waals surface area (Å²) in [5.41, 5.74) is 2.06. The van der Waals surface area contributed by atoms with Gasteiger partial charge in [-0.05, 0) is 13.0 Å². The average molecular weight is 170 g/mol. The third kappa shape index (κ3) is 1.72. The Balaban J connectivity index is 2.48. The van der Waals surface area contributed by atoms with Gasteiger partial charge in [-0.15, -0.1) is 0 Å². The average Bonchev–Trinajstić information content (AvgIpc) is 2.19. The van der Waals surface area contributed by atoms with Crippen molar-refractivity contribution in [3.05, 3.63) is 48.3 Å². The number of hydrogen-bond acceptors (Lipinski definition) is 2. The lowest BCUT2D eigenvalue weighted by Gasteiger charge is -1.99.